The Morgan fingerprint density at radius 3 is 2.59 bits per heavy atom. The standard InChI is InChI=1S/C15H23FN4O.HI/c1-3-17-15(20-10-9-18-12(2)21)19-8-7-13-5-4-6-14(16)11-13;/h4-6,11H,3,7-10H2,1-2H3,(H,18,21)(H2,17,19,20);1H. The first-order valence-electron chi connectivity index (χ1n) is 7.13. The van der Waals surface area contributed by atoms with Crippen molar-refractivity contribution in [2.45, 2.75) is 20.3 Å². The molecule has 1 rings (SSSR count). The number of hydrogen-bond donors (Lipinski definition) is 3. The van der Waals surface area contributed by atoms with E-state index in [1.165, 1.54) is 19.1 Å². The highest BCUT2D eigenvalue weighted by atomic mass is 127. The molecule has 0 aliphatic rings. The maximum Gasteiger partial charge on any atom is 0.216 e. The van der Waals surface area contributed by atoms with E-state index in [1.54, 1.807) is 6.07 Å². The van der Waals surface area contributed by atoms with Crippen LogP contribution in [0, 0.1) is 5.82 Å². The molecule has 3 N–H and O–H groups in total. The summed E-state index contributed by atoms with van der Waals surface area (Å²) in [6.45, 7) is 5.94. The number of carbonyl (C=O) groups excluding carboxylic acids is 1. The number of guanidine groups is 1. The molecule has 0 radical (unpaired) electrons. The summed E-state index contributed by atoms with van der Waals surface area (Å²) in [5.74, 6) is 0.418. The molecular formula is C15H24FIN4O. The molecule has 22 heavy (non-hydrogen) atoms. The fourth-order valence-electron chi connectivity index (χ4n) is 1.75. The number of hydrogen-bond acceptors (Lipinski definition) is 2. The van der Waals surface area contributed by atoms with E-state index in [1.807, 2.05) is 13.0 Å². The minimum Gasteiger partial charge on any atom is -0.357 e. The Hall–Kier alpha value is -1.38. The van der Waals surface area contributed by atoms with E-state index in [9.17, 15) is 9.18 Å². The van der Waals surface area contributed by atoms with Gasteiger partial charge in [0.05, 0.1) is 0 Å². The lowest BCUT2D eigenvalue weighted by molar-refractivity contribution is -0.118. The van der Waals surface area contributed by atoms with Crippen molar-refractivity contribution in [2.24, 2.45) is 4.99 Å². The predicted molar refractivity (Wildman–Crippen MR) is 98.2 cm³/mol. The highest BCUT2D eigenvalue weighted by Gasteiger charge is 1.98. The van der Waals surface area contributed by atoms with Crippen LogP contribution < -0.4 is 16.0 Å². The summed E-state index contributed by atoms with van der Waals surface area (Å²) in [6.07, 6.45) is 0.681. The van der Waals surface area contributed by atoms with E-state index in [0.717, 1.165) is 12.1 Å². The molecule has 1 aromatic carbocycles. The second-order valence-electron chi connectivity index (χ2n) is 4.55. The van der Waals surface area contributed by atoms with Gasteiger partial charge in [-0.3, -0.25) is 9.79 Å². The van der Waals surface area contributed by atoms with Crippen molar-refractivity contribution in [3.63, 3.8) is 0 Å². The Balaban J connectivity index is 0.00000441. The molecule has 0 spiro atoms. The van der Waals surface area contributed by atoms with Crippen LogP contribution in [0.2, 0.25) is 0 Å². The van der Waals surface area contributed by atoms with Crippen LogP contribution >= 0.6 is 24.0 Å². The zero-order valence-corrected chi connectivity index (χ0v) is 15.3. The van der Waals surface area contributed by atoms with Crippen LogP contribution in [0.3, 0.4) is 0 Å². The molecule has 124 valence electrons. The predicted octanol–water partition coefficient (Wildman–Crippen LogP) is 1.68. The first-order valence-corrected chi connectivity index (χ1v) is 7.13. The SMILES string of the molecule is CCNC(=NCCc1cccc(F)c1)NCCNC(C)=O.I. The molecule has 0 saturated heterocycles. The van der Waals surface area contributed by atoms with Gasteiger partial charge in [-0.25, -0.2) is 4.39 Å². The third-order valence-corrected chi connectivity index (χ3v) is 2.70. The maximum absolute atomic E-state index is 13.0. The van der Waals surface area contributed by atoms with Crippen LogP contribution in [0.25, 0.3) is 0 Å². The molecule has 1 aromatic rings. The van der Waals surface area contributed by atoms with Crippen molar-refractivity contribution in [2.75, 3.05) is 26.2 Å². The molecule has 1 amide bonds. The molecular weight excluding hydrogens is 398 g/mol. The largest absolute Gasteiger partial charge is 0.357 e. The van der Waals surface area contributed by atoms with Gasteiger partial charge in [0.2, 0.25) is 5.91 Å². The zero-order chi connectivity index (χ0) is 15.5. The molecule has 0 saturated carbocycles. The monoisotopic (exact) mass is 422 g/mol. The van der Waals surface area contributed by atoms with Gasteiger partial charge in [0.1, 0.15) is 5.82 Å². The molecule has 0 aliphatic heterocycles. The summed E-state index contributed by atoms with van der Waals surface area (Å²) >= 11 is 0. The summed E-state index contributed by atoms with van der Waals surface area (Å²) in [5, 5.41) is 8.95. The van der Waals surface area contributed by atoms with Crippen molar-refractivity contribution >= 4 is 35.8 Å². The maximum atomic E-state index is 13.0. The highest BCUT2D eigenvalue weighted by molar-refractivity contribution is 14.0. The van der Waals surface area contributed by atoms with Crippen molar-refractivity contribution < 1.29 is 9.18 Å². The van der Waals surface area contributed by atoms with E-state index in [0.29, 0.717) is 32.0 Å². The molecule has 0 heterocycles. The highest BCUT2D eigenvalue weighted by Crippen LogP contribution is 2.04. The summed E-state index contributed by atoms with van der Waals surface area (Å²) < 4.78 is 13.0. The molecule has 0 bridgehead atoms. The number of aliphatic imine (C=N–C) groups is 1. The van der Waals surface area contributed by atoms with Crippen molar-refractivity contribution in [1.29, 1.82) is 0 Å². The Morgan fingerprint density at radius 2 is 1.95 bits per heavy atom. The summed E-state index contributed by atoms with van der Waals surface area (Å²) in [5.41, 5.74) is 0.924. The number of halogens is 2. The smallest absolute Gasteiger partial charge is 0.216 e. The van der Waals surface area contributed by atoms with Crippen LogP contribution in [0.5, 0.6) is 0 Å². The fraction of sp³-hybridized carbons (Fsp3) is 0.467. The second-order valence-corrected chi connectivity index (χ2v) is 4.55. The number of amides is 1. The van der Waals surface area contributed by atoms with Gasteiger partial charge in [0.25, 0.3) is 0 Å². The van der Waals surface area contributed by atoms with Gasteiger partial charge in [0, 0.05) is 33.1 Å². The van der Waals surface area contributed by atoms with Crippen LogP contribution in [-0.2, 0) is 11.2 Å². The second kappa shape index (κ2) is 12.2. The van der Waals surface area contributed by atoms with E-state index in [4.69, 9.17) is 0 Å². The van der Waals surface area contributed by atoms with Crippen LogP contribution in [0.4, 0.5) is 4.39 Å². The third-order valence-electron chi connectivity index (χ3n) is 2.70. The molecule has 0 aromatic heterocycles. The van der Waals surface area contributed by atoms with Gasteiger partial charge in [-0.05, 0) is 31.0 Å². The molecule has 5 nitrogen and oxygen atoms in total. The van der Waals surface area contributed by atoms with Gasteiger partial charge < -0.3 is 16.0 Å². The van der Waals surface area contributed by atoms with Crippen molar-refractivity contribution in [3.05, 3.63) is 35.6 Å². The minimum absolute atomic E-state index is 0. The number of nitrogens with one attached hydrogen (secondary N) is 3. The van der Waals surface area contributed by atoms with E-state index in [2.05, 4.69) is 20.9 Å². The summed E-state index contributed by atoms with van der Waals surface area (Å²) in [6, 6.07) is 6.54. The summed E-state index contributed by atoms with van der Waals surface area (Å²) in [7, 11) is 0. The minimum atomic E-state index is -0.225. The molecule has 0 unspecified atom stereocenters. The molecule has 0 aliphatic carbocycles. The Morgan fingerprint density at radius 1 is 1.23 bits per heavy atom. The van der Waals surface area contributed by atoms with Crippen molar-refractivity contribution in [1.82, 2.24) is 16.0 Å². The average Bonchev–Trinajstić information content (AvgIpc) is 2.43. The number of nitrogens with zero attached hydrogens (tertiary/aromatic N) is 1. The Bertz CT molecular complexity index is 482. The first-order chi connectivity index (χ1) is 10.1. The molecule has 0 fully saturated rings. The Labute approximate surface area is 148 Å². The van der Waals surface area contributed by atoms with Gasteiger partial charge >= 0.3 is 0 Å². The number of benzene rings is 1. The topological polar surface area (TPSA) is 65.5 Å². The molecule has 7 heteroatoms. The van der Waals surface area contributed by atoms with Crippen molar-refractivity contribution in [3.8, 4) is 0 Å². The number of carbonyl (C=O) groups is 1. The van der Waals surface area contributed by atoms with Gasteiger partial charge in [-0.2, -0.15) is 0 Å². The normalized spacial score (nSPS) is 10.6. The third kappa shape index (κ3) is 9.54. The van der Waals surface area contributed by atoms with Gasteiger partial charge in [-0.1, -0.05) is 12.1 Å². The van der Waals surface area contributed by atoms with Crippen LogP contribution in [0.15, 0.2) is 29.3 Å². The fourth-order valence-corrected chi connectivity index (χ4v) is 1.75. The quantitative estimate of drug-likeness (QED) is 0.271. The lowest BCUT2D eigenvalue weighted by Gasteiger charge is -2.11. The molecule has 0 atom stereocenters. The van der Waals surface area contributed by atoms with Crippen LogP contribution in [0.1, 0.15) is 19.4 Å². The summed E-state index contributed by atoms with van der Waals surface area (Å²) in [4.78, 5) is 15.2. The first kappa shape index (κ1) is 20.6. The lowest BCUT2D eigenvalue weighted by atomic mass is 10.1. The average molecular weight is 422 g/mol. The van der Waals surface area contributed by atoms with Gasteiger partial charge in [0.15, 0.2) is 5.96 Å². The lowest BCUT2D eigenvalue weighted by Crippen LogP contribution is -2.41. The van der Waals surface area contributed by atoms with E-state index < -0.39 is 0 Å². The van der Waals surface area contributed by atoms with Gasteiger partial charge in [-0.15, -0.1) is 24.0 Å². The number of rotatable bonds is 7. The van der Waals surface area contributed by atoms with E-state index >= 15 is 0 Å². The zero-order valence-electron chi connectivity index (χ0n) is 13.0. The van der Waals surface area contributed by atoms with E-state index in [-0.39, 0.29) is 35.7 Å². The van der Waals surface area contributed by atoms with Crippen LogP contribution in [-0.4, -0.2) is 38.0 Å². The Kier molecular flexibility index (Phi) is 11.4.